The summed E-state index contributed by atoms with van der Waals surface area (Å²) in [6.07, 6.45) is 1.69. The summed E-state index contributed by atoms with van der Waals surface area (Å²) in [5.41, 5.74) is 0. The van der Waals surface area contributed by atoms with Gasteiger partial charge in [-0.15, -0.1) is 0 Å². The molecule has 0 saturated heterocycles. The lowest BCUT2D eigenvalue weighted by atomic mass is 10.7. The van der Waals surface area contributed by atoms with Crippen LogP contribution in [0.5, 0.6) is 0 Å². The van der Waals surface area contributed by atoms with Gasteiger partial charge in [-0.1, -0.05) is 15.9 Å². The molecule has 1 heterocycles. The minimum atomic E-state index is -0.296. The van der Waals surface area contributed by atoms with Crippen molar-refractivity contribution in [2.24, 2.45) is 0 Å². The van der Waals surface area contributed by atoms with Crippen LogP contribution in [0.1, 0.15) is 0 Å². The number of hydrogen-bond donors (Lipinski definition) is 0. The summed E-state index contributed by atoms with van der Waals surface area (Å²) in [7, 11) is 0. The summed E-state index contributed by atoms with van der Waals surface area (Å²) in [6, 6.07) is 1.91. The summed E-state index contributed by atoms with van der Waals surface area (Å²) in [4.78, 5) is 0. The van der Waals surface area contributed by atoms with E-state index < -0.39 is 0 Å². The standard InChI is InChI=1S/C4H2BrO.BrH.Mg/c5-4-1-2-6-3-4;;/h1-2H;1H;/q;;+1/p-1. The molecule has 1 aromatic rings. The molecular formula is C4H2Br2MgO. The van der Waals surface area contributed by atoms with Gasteiger partial charge >= 0.3 is 18.2 Å². The lowest BCUT2D eigenvalue weighted by molar-refractivity contribution is 0.601. The van der Waals surface area contributed by atoms with Crippen molar-refractivity contribution in [3.8, 4) is 0 Å². The fourth-order valence-corrected chi connectivity index (χ4v) is 3.88. The highest BCUT2D eigenvalue weighted by Gasteiger charge is 2.02. The lowest BCUT2D eigenvalue weighted by Crippen LogP contribution is -2.04. The van der Waals surface area contributed by atoms with E-state index in [1.165, 1.54) is 0 Å². The Bertz CT molecular complexity index is 174. The number of halogens is 2. The highest BCUT2D eigenvalue weighted by atomic mass is 79.9. The molecule has 0 saturated carbocycles. The smallest absolute Gasteiger partial charge is 0.499 e. The minimum absolute atomic E-state index is 0.296. The van der Waals surface area contributed by atoms with Crippen LogP contribution in [0.3, 0.4) is 0 Å². The molecule has 0 aromatic carbocycles. The zero-order valence-electron chi connectivity index (χ0n) is 4.03. The van der Waals surface area contributed by atoms with Gasteiger partial charge in [-0.25, -0.2) is 0 Å². The van der Waals surface area contributed by atoms with E-state index in [9.17, 15) is 0 Å². The van der Waals surface area contributed by atoms with Crippen LogP contribution < -0.4 is 3.89 Å². The highest BCUT2D eigenvalue weighted by molar-refractivity contribution is 9.23. The Kier molecular flexibility index (Phi) is 2.89. The molecular weight excluding hydrogens is 248 g/mol. The number of rotatable bonds is 1. The molecule has 0 aliphatic carbocycles. The van der Waals surface area contributed by atoms with Crippen molar-refractivity contribution < 1.29 is 4.42 Å². The van der Waals surface area contributed by atoms with Crippen molar-refractivity contribution in [1.82, 2.24) is 0 Å². The van der Waals surface area contributed by atoms with Gasteiger partial charge in [0, 0.05) is 4.47 Å². The van der Waals surface area contributed by atoms with Crippen LogP contribution in [0.4, 0.5) is 0 Å². The zero-order valence-corrected chi connectivity index (χ0v) is 8.61. The molecule has 0 fully saturated rings. The molecule has 0 spiro atoms. The van der Waals surface area contributed by atoms with Crippen molar-refractivity contribution in [1.29, 1.82) is 0 Å². The Morgan fingerprint density at radius 2 is 2.38 bits per heavy atom. The van der Waals surface area contributed by atoms with E-state index in [4.69, 9.17) is 4.42 Å². The summed E-state index contributed by atoms with van der Waals surface area (Å²) in [5, 5.41) is 0. The first kappa shape index (κ1) is 7.12. The van der Waals surface area contributed by atoms with Crippen LogP contribution >= 0.6 is 28.8 Å². The zero-order chi connectivity index (χ0) is 5.98. The van der Waals surface area contributed by atoms with Gasteiger partial charge in [0.15, 0.2) is 0 Å². The van der Waals surface area contributed by atoms with Crippen molar-refractivity contribution in [2.75, 3.05) is 0 Å². The molecule has 0 unspecified atom stereocenters. The third-order valence-corrected chi connectivity index (χ3v) is 4.35. The lowest BCUT2D eigenvalue weighted by Gasteiger charge is -1.83. The second-order valence-electron chi connectivity index (χ2n) is 1.33. The molecule has 8 heavy (non-hydrogen) atoms. The first-order valence-corrected chi connectivity index (χ1v) is 7.52. The molecule has 0 N–H and O–H groups in total. The average Bonchev–Trinajstić information content (AvgIpc) is 2.14. The monoisotopic (exact) mass is 248 g/mol. The SMILES string of the molecule is [Br][Mg][c]1occc1Br. The number of furan rings is 1. The fraction of sp³-hybridized carbons (Fsp3) is 0. The number of hydrogen-bond acceptors (Lipinski definition) is 1. The highest BCUT2D eigenvalue weighted by Crippen LogP contribution is 2.05. The third kappa shape index (κ3) is 1.49. The van der Waals surface area contributed by atoms with E-state index in [0.717, 1.165) is 8.36 Å². The van der Waals surface area contributed by atoms with Crippen molar-refractivity contribution in [3.05, 3.63) is 16.8 Å². The predicted molar refractivity (Wildman–Crippen MR) is 40.7 cm³/mol. The van der Waals surface area contributed by atoms with Crippen molar-refractivity contribution in [3.63, 3.8) is 0 Å². The van der Waals surface area contributed by atoms with Gasteiger partial charge in [-0.2, -0.15) is 0 Å². The van der Waals surface area contributed by atoms with Crippen LogP contribution in [0.25, 0.3) is 0 Å². The van der Waals surface area contributed by atoms with E-state index in [1.54, 1.807) is 6.26 Å². The Balaban J connectivity index is 2.92. The first-order valence-electron chi connectivity index (χ1n) is 2.12. The van der Waals surface area contributed by atoms with Crippen LogP contribution in [-0.2, 0) is 0 Å². The Morgan fingerprint density at radius 1 is 1.62 bits per heavy atom. The molecule has 1 nitrogen and oxygen atoms in total. The van der Waals surface area contributed by atoms with Crippen LogP contribution in [0, 0.1) is 0 Å². The van der Waals surface area contributed by atoms with Gasteiger partial charge in [0.1, 0.15) is 0 Å². The van der Waals surface area contributed by atoms with E-state index in [1.807, 2.05) is 6.07 Å². The van der Waals surface area contributed by atoms with Gasteiger partial charge < -0.3 is 4.42 Å². The van der Waals surface area contributed by atoms with E-state index >= 15 is 0 Å². The summed E-state index contributed by atoms with van der Waals surface area (Å²) in [6.45, 7) is 0. The minimum Gasteiger partial charge on any atom is -0.499 e. The fourth-order valence-electron chi connectivity index (χ4n) is 0.420. The van der Waals surface area contributed by atoms with Crippen molar-refractivity contribution in [2.45, 2.75) is 0 Å². The normalized spacial score (nSPS) is 8.75. The maximum absolute atomic E-state index is 5.08. The van der Waals surface area contributed by atoms with Gasteiger partial charge in [0.05, 0.1) is 6.26 Å². The molecule has 0 aliphatic rings. The largest absolute Gasteiger partial charge is 0.564 e. The Morgan fingerprint density at radius 3 is 2.62 bits per heavy atom. The van der Waals surface area contributed by atoms with Gasteiger partial charge in [-0.3, -0.25) is 12.9 Å². The maximum atomic E-state index is 5.08. The topological polar surface area (TPSA) is 13.1 Å². The van der Waals surface area contributed by atoms with Crippen molar-refractivity contribution >= 4 is 50.9 Å². The molecule has 0 atom stereocenters. The summed E-state index contributed by atoms with van der Waals surface area (Å²) < 4.78 is 7.24. The first-order chi connectivity index (χ1) is 3.84. The van der Waals surface area contributed by atoms with E-state index in [0.29, 0.717) is 0 Å². The van der Waals surface area contributed by atoms with Gasteiger partial charge in [-0.05, 0) is 9.96 Å². The molecule has 1 rings (SSSR count). The maximum Gasteiger partial charge on any atom is 0.564 e. The second kappa shape index (κ2) is 3.24. The molecule has 40 valence electrons. The molecule has 0 bridgehead atoms. The Labute approximate surface area is 71.5 Å². The Hall–Kier alpha value is 1.01. The van der Waals surface area contributed by atoms with Gasteiger partial charge in [0.2, 0.25) is 0 Å². The summed E-state index contributed by atoms with van der Waals surface area (Å²) in [5.74, 6) is 0. The predicted octanol–water partition coefficient (Wildman–Crippen LogP) is 1.68. The van der Waals surface area contributed by atoms with E-state index in [2.05, 4.69) is 28.8 Å². The second-order valence-corrected chi connectivity index (χ2v) is 4.77. The quantitative estimate of drug-likeness (QED) is 0.691. The molecule has 0 amide bonds. The van der Waals surface area contributed by atoms with Crippen LogP contribution in [0.15, 0.2) is 21.2 Å². The summed E-state index contributed by atoms with van der Waals surface area (Å²) >= 11 is 6.44. The van der Waals surface area contributed by atoms with Gasteiger partial charge in [0.25, 0.3) is 0 Å². The molecule has 0 aliphatic heterocycles. The van der Waals surface area contributed by atoms with Crippen LogP contribution in [-0.4, -0.2) is 18.2 Å². The average molecular weight is 250 g/mol. The molecule has 1 aromatic heterocycles. The molecule has 0 radical (unpaired) electrons. The van der Waals surface area contributed by atoms with E-state index in [-0.39, 0.29) is 18.2 Å². The molecule has 4 heteroatoms. The van der Waals surface area contributed by atoms with Crippen LogP contribution in [0.2, 0.25) is 0 Å². The third-order valence-electron chi connectivity index (χ3n) is 0.812.